The van der Waals surface area contributed by atoms with E-state index in [1.807, 2.05) is 0 Å². The molecule has 0 heterocycles. The summed E-state index contributed by atoms with van der Waals surface area (Å²) in [5.74, 6) is -1.23. The molecule has 8 heteroatoms. The Bertz CT molecular complexity index is 882. The monoisotopic (exact) mass is 352 g/mol. The van der Waals surface area contributed by atoms with Crippen molar-refractivity contribution in [1.29, 1.82) is 0 Å². The van der Waals surface area contributed by atoms with Crippen LogP contribution >= 0.6 is 0 Å². The van der Waals surface area contributed by atoms with E-state index in [9.17, 15) is 17.6 Å². The van der Waals surface area contributed by atoms with Gasteiger partial charge in [0.1, 0.15) is 0 Å². The highest BCUT2D eigenvalue weighted by Crippen LogP contribution is 2.22. The third-order valence-electron chi connectivity index (χ3n) is 3.43. The summed E-state index contributed by atoms with van der Waals surface area (Å²) in [5, 5.41) is 7.71. The summed E-state index contributed by atoms with van der Waals surface area (Å²) >= 11 is 0. The van der Waals surface area contributed by atoms with Gasteiger partial charge >= 0.3 is 0 Å². The number of methoxy groups -OCH3 is 1. The van der Waals surface area contributed by atoms with Crippen molar-refractivity contribution in [3.63, 3.8) is 0 Å². The normalized spacial score (nSPS) is 11.2. The molecule has 0 aliphatic rings. The van der Waals surface area contributed by atoms with Crippen LogP contribution in [-0.4, -0.2) is 21.4 Å². The maximum Gasteiger partial charge on any atom is 0.255 e. The van der Waals surface area contributed by atoms with Crippen LogP contribution in [0.5, 0.6) is 5.75 Å². The standard InChI is InChI=1S/C16H17FN2O4S/c1-3-10-4-6-12(9-15(10)24(18,21)22)19-16(20)11-5-7-14(23-2)13(17)8-11/h4-9H,3H2,1-2H3,(H,19,20)(H2,18,21,22). The van der Waals surface area contributed by atoms with Crippen molar-refractivity contribution in [2.45, 2.75) is 18.2 Å². The predicted molar refractivity (Wildman–Crippen MR) is 88.1 cm³/mol. The Morgan fingerprint density at radius 1 is 1.25 bits per heavy atom. The molecular weight excluding hydrogens is 335 g/mol. The number of amides is 1. The second kappa shape index (κ2) is 6.98. The number of ether oxygens (including phenoxy) is 1. The van der Waals surface area contributed by atoms with Gasteiger partial charge in [0, 0.05) is 11.3 Å². The van der Waals surface area contributed by atoms with E-state index in [-0.39, 0.29) is 21.9 Å². The SMILES string of the molecule is CCc1ccc(NC(=O)c2ccc(OC)c(F)c2)cc1S(N)(=O)=O. The highest BCUT2D eigenvalue weighted by Gasteiger charge is 2.16. The molecule has 6 nitrogen and oxygen atoms in total. The van der Waals surface area contributed by atoms with Crippen LogP contribution in [0.25, 0.3) is 0 Å². The number of nitrogens with one attached hydrogen (secondary N) is 1. The second-order valence-electron chi connectivity index (χ2n) is 5.02. The minimum absolute atomic E-state index is 0.0235. The lowest BCUT2D eigenvalue weighted by atomic mass is 10.1. The first kappa shape index (κ1) is 17.9. The lowest BCUT2D eigenvalue weighted by molar-refractivity contribution is 0.102. The van der Waals surface area contributed by atoms with Gasteiger partial charge in [-0.3, -0.25) is 4.79 Å². The van der Waals surface area contributed by atoms with Crippen LogP contribution in [-0.2, 0) is 16.4 Å². The first-order valence-electron chi connectivity index (χ1n) is 7.07. The lowest BCUT2D eigenvalue weighted by Gasteiger charge is -2.11. The van der Waals surface area contributed by atoms with Crippen molar-refractivity contribution < 1.29 is 22.3 Å². The maximum absolute atomic E-state index is 13.7. The van der Waals surface area contributed by atoms with Crippen molar-refractivity contribution in [2.75, 3.05) is 12.4 Å². The topological polar surface area (TPSA) is 98.5 Å². The molecule has 0 atom stereocenters. The van der Waals surface area contributed by atoms with Crippen LogP contribution in [0.1, 0.15) is 22.8 Å². The van der Waals surface area contributed by atoms with Crippen molar-refractivity contribution in [3.05, 3.63) is 53.3 Å². The number of aryl methyl sites for hydroxylation is 1. The molecule has 2 rings (SSSR count). The summed E-state index contributed by atoms with van der Waals surface area (Å²) in [5.41, 5.74) is 0.869. The fraction of sp³-hybridized carbons (Fsp3) is 0.188. The molecule has 128 valence electrons. The number of benzene rings is 2. The number of primary sulfonamides is 1. The first-order chi connectivity index (χ1) is 11.3. The summed E-state index contributed by atoms with van der Waals surface area (Å²) in [7, 11) is -2.59. The molecule has 0 aliphatic carbocycles. The quantitative estimate of drug-likeness (QED) is 0.862. The smallest absolute Gasteiger partial charge is 0.255 e. The summed E-state index contributed by atoms with van der Waals surface area (Å²) in [6.07, 6.45) is 0.476. The number of halogens is 1. The van der Waals surface area contributed by atoms with Crippen LogP contribution in [0.4, 0.5) is 10.1 Å². The fourth-order valence-electron chi connectivity index (χ4n) is 2.20. The number of anilines is 1. The Kier molecular flexibility index (Phi) is 5.20. The third-order valence-corrected chi connectivity index (χ3v) is 4.42. The molecule has 1 amide bonds. The van der Waals surface area contributed by atoms with Crippen LogP contribution in [0.3, 0.4) is 0 Å². The van der Waals surface area contributed by atoms with Gasteiger partial charge in [0.15, 0.2) is 11.6 Å². The zero-order valence-corrected chi connectivity index (χ0v) is 14.0. The van der Waals surface area contributed by atoms with E-state index in [0.717, 1.165) is 6.07 Å². The van der Waals surface area contributed by atoms with Gasteiger partial charge in [0.05, 0.1) is 12.0 Å². The molecular formula is C16H17FN2O4S. The average Bonchev–Trinajstić information content (AvgIpc) is 2.53. The van der Waals surface area contributed by atoms with E-state index in [2.05, 4.69) is 5.32 Å². The molecule has 0 saturated heterocycles. The van der Waals surface area contributed by atoms with E-state index in [4.69, 9.17) is 9.88 Å². The van der Waals surface area contributed by atoms with Crippen molar-refractivity contribution in [2.24, 2.45) is 5.14 Å². The number of hydrogen-bond acceptors (Lipinski definition) is 4. The highest BCUT2D eigenvalue weighted by molar-refractivity contribution is 7.89. The van der Waals surface area contributed by atoms with Gasteiger partial charge in [-0.15, -0.1) is 0 Å². The number of nitrogens with two attached hydrogens (primary N) is 1. The van der Waals surface area contributed by atoms with E-state index < -0.39 is 21.7 Å². The zero-order valence-electron chi connectivity index (χ0n) is 13.2. The fourth-order valence-corrected chi connectivity index (χ4v) is 3.07. The van der Waals surface area contributed by atoms with Crippen molar-refractivity contribution in [1.82, 2.24) is 0 Å². The van der Waals surface area contributed by atoms with E-state index in [1.54, 1.807) is 19.1 Å². The summed E-state index contributed by atoms with van der Waals surface area (Å²) in [6, 6.07) is 8.19. The van der Waals surface area contributed by atoms with Crippen molar-refractivity contribution in [3.8, 4) is 5.75 Å². The largest absolute Gasteiger partial charge is 0.494 e. The Balaban J connectivity index is 2.31. The van der Waals surface area contributed by atoms with E-state index in [1.165, 1.54) is 25.3 Å². The Morgan fingerprint density at radius 2 is 1.96 bits per heavy atom. The number of sulfonamides is 1. The van der Waals surface area contributed by atoms with Crippen LogP contribution in [0.15, 0.2) is 41.3 Å². The predicted octanol–water partition coefficient (Wildman–Crippen LogP) is 2.30. The molecule has 2 aromatic carbocycles. The van der Waals surface area contributed by atoms with Crippen LogP contribution in [0, 0.1) is 5.82 Å². The highest BCUT2D eigenvalue weighted by atomic mass is 32.2. The molecule has 24 heavy (non-hydrogen) atoms. The molecule has 3 N–H and O–H groups in total. The minimum Gasteiger partial charge on any atom is -0.494 e. The summed E-state index contributed by atoms with van der Waals surface area (Å²) < 4.78 is 41.7. The first-order valence-corrected chi connectivity index (χ1v) is 8.61. The maximum atomic E-state index is 13.7. The second-order valence-corrected chi connectivity index (χ2v) is 6.55. The zero-order chi connectivity index (χ0) is 17.9. The Hall–Kier alpha value is -2.45. The number of hydrogen-bond donors (Lipinski definition) is 2. The summed E-state index contributed by atoms with van der Waals surface area (Å²) in [4.78, 5) is 12.1. The lowest BCUT2D eigenvalue weighted by Crippen LogP contribution is -2.16. The summed E-state index contributed by atoms with van der Waals surface area (Å²) in [6.45, 7) is 1.79. The van der Waals surface area contributed by atoms with Gasteiger partial charge < -0.3 is 10.1 Å². The van der Waals surface area contributed by atoms with Crippen LogP contribution < -0.4 is 15.2 Å². The van der Waals surface area contributed by atoms with Gasteiger partial charge in [0.2, 0.25) is 10.0 Å². The molecule has 0 saturated carbocycles. The van der Waals surface area contributed by atoms with Gasteiger partial charge in [-0.1, -0.05) is 13.0 Å². The van der Waals surface area contributed by atoms with Gasteiger partial charge in [-0.05, 0) is 42.3 Å². The van der Waals surface area contributed by atoms with Gasteiger partial charge in [-0.25, -0.2) is 17.9 Å². The minimum atomic E-state index is -3.91. The number of carbonyl (C=O) groups is 1. The van der Waals surface area contributed by atoms with E-state index >= 15 is 0 Å². The van der Waals surface area contributed by atoms with Crippen molar-refractivity contribution >= 4 is 21.6 Å². The molecule has 2 aromatic rings. The molecule has 0 unspecified atom stereocenters. The van der Waals surface area contributed by atoms with E-state index in [0.29, 0.717) is 12.0 Å². The Morgan fingerprint density at radius 3 is 2.50 bits per heavy atom. The Labute approximate surface area is 139 Å². The number of rotatable bonds is 5. The van der Waals surface area contributed by atoms with Gasteiger partial charge in [0.25, 0.3) is 5.91 Å². The molecule has 0 aromatic heterocycles. The molecule has 0 bridgehead atoms. The molecule has 0 spiro atoms. The number of carbonyl (C=O) groups excluding carboxylic acids is 1. The average molecular weight is 352 g/mol. The van der Waals surface area contributed by atoms with Crippen LogP contribution in [0.2, 0.25) is 0 Å². The van der Waals surface area contributed by atoms with Gasteiger partial charge in [-0.2, -0.15) is 0 Å². The third kappa shape index (κ3) is 3.90. The molecule has 0 fully saturated rings. The molecule has 0 aliphatic heterocycles. The molecule has 0 radical (unpaired) electrons.